The molecule has 0 aromatic carbocycles. The van der Waals surface area contributed by atoms with Crippen LogP contribution in [0.2, 0.25) is 0 Å². The summed E-state index contributed by atoms with van der Waals surface area (Å²) in [5.74, 6) is -0.190. The van der Waals surface area contributed by atoms with Crippen molar-refractivity contribution in [3.8, 4) is 0 Å². The number of phosphoric acid groups is 1. The Bertz CT molecular complexity index is 1080. The number of hydrogen-bond acceptors (Lipinski definition) is 6. The van der Waals surface area contributed by atoms with Crippen molar-refractivity contribution in [1.82, 2.24) is 5.32 Å². The van der Waals surface area contributed by atoms with Crippen LogP contribution in [0.4, 0.5) is 0 Å². The van der Waals surface area contributed by atoms with Crippen molar-refractivity contribution in [2.75, 3.05) is 40.9 Å². The molecule has 0 saturated carbocycles. The number of amides is 1. The molecular formula is C57H115N2O6P. The molecule has 0 fully saturated rings. The predicted molar refractivity (Wildman–Crippen MR) is 284 cm³/mol. The van der Waals surface area contributed by atoms with Gasteiger partial charge in [-0.1, -0.05) is 283 Å². The van der Waals surface area contributed by atoms with Gasteiger partial charge in [-0.25, -0.2) is 0 Å². The minimum Gasteiger partial charge on any atom is -0.756 e. The van der Waals surface area contributed by atoms with Gasteiger partial charge in [-0.05, 0) is 19.3 Å². The molecule has 0 aliphatic carbocycles. The lowest BCUT2D eigenvalue weighted by Crippen LogP contribution is -2.45. The summed E-state index contributed by atoms with van der Waals surface area (Å²) in [4.78, 5) is 25.5. The number of aliphatic hydroxyl groups is 1. The Labute approximate surface area is 412 Å². The highest BCUT2D eigenvalue weighted by atomic mass is 31.2. The summed E-state index contributed by atoms with van der Waals surface area (Å²) in [6.45, 7) is 4.69. The fraction of sp³-hybridized carbons (Fsp3) is 0.947. The van der Waals surface area contributed by atoms with Crippen LogP contribution in [0, 0.1) is 0 Å². The minimum atomic E-state index is -4.59. The molecule has 2 N–H and O–H groups in total. The van der Waals surface area contributed by atoms with Crippen LogP contribution in [0.3, 0.4) is 0 Å². The second-order valence-electron chi connectivity index (χ2n) is 21.4. The Morgan fingerprint density at radius 3 is 1.14 bits per heavy atom. The molecule has 1 amide bonds. The molecule has 0 radical (unpaired) electrons. The van der Waals surface area contributed by atoms with Crippen LogP contribution in [0.25, 0.3) is 0 Å². The highest BCUT2D eigenvalue weighted by Crippen LogP contribution is 2.38. The maximum absolute atomic E-state index is 13.0. The van der Waals surface area contributed by atoms with Gasteiger partial charge < -0.3 is 28.8 Å². The first-order chi connectivity index (χ1) is 32.0. The first kappa shape index (κ1) is 65.2. The summed E-state index contributed by atoms with van der Waals surface area (Å²) in [6.07, 6.45) is 60.1. The van der Waals surface area contributed by atoms with Gasteiger partial charge in [0.05, 0.1) is 39.9 Å². The quantitative estimate of drug-likeness (QED) is 0.0272. The fourth-order valence-electron chi connectivity index (χ4n) is 8.92. The Balaban J connectivity index is 4.08. The molecule has 66 heavy (non-hydrogen) atoms. The van der Waals surface area contributed by atoms with Gasteiger partial charge in [0.15, 0.2) is 0 Å². The van der Waals surface area contributed by atoms with Crippen LogP contribution >= 0.6 is 7.82 Å². The molecule has 0 spiro atoms. The summed E-state index contributed by atoms with van der Waals surface area (Å²) in [5.41, 5.74) is 0. The number of phosphoric ester groups is 1. The molecule has 9 heteroatoms. The summed E-state index contributed by atoms with van der Waals surface area (Å²) < 4.78 is 23.3. The minimum absolute atomic E-state index is 0.00258. The molecule has 0 heterocycles. The topological polar surface area (TPSA) is 108 Å². The maximum atomic E-state index is 13.0. The van der Waals surface area contributed by atoms with Crippen molar-refractivity contribution in [3.63, 3.8) is 0 Å². The second kappa shape index (κ2) is 49.2. The molecule has 0 aliphatic heterocycles. The van der Waals surface area contributed by atoms with E-state index < -0.39 is 20.0 Å². The molecule has 0 aromatic heterocycles. The standard InChI is InChI=1S/C57H115N2O6P/c1-6-8-10-12-14-16-18-20-22-24-25-26-27-28-29-30-31-32-33-34-35-37-39-41-43-45-47-49-51-57(61)58-55(54-65-66(62,63)64-53-52-59(3,4)5)56(60)50-48-46-44-42-40-38-36-23-21-19-17-15-13-11-9-7-2/h48,50,55-56,60H,6-47,49,51-54H2,1-5H3,(H-,58,61,62,63)/b50-48+. The second-order valence-corrected chi connectivity index (χ2v) is 22.8. The molecule has 3 unspecified atom stereocenters. The fourth-order valence-corrected chi connectivity index (χ4v) is 9.64. The zero-order valence-electron chi connectivity index (χ0n) is 44.9. The number of carbonyl (C=O) groups is 1. The smallest absolute Gasteiger partial charge is 0.268 e. The average molecular weight is 956 g/mol. The molecule has 0 aliphatic rings. The van der Waals surface area contributed by atoms with Gasteiger partial charge in [-0.15, -0.1) is 0 Å². The third kappa shape index (κ3) is 51.1. The summed E-state index contributed by atoms with van der Waals surface area (Å²) in [6, 6.07) is -0.881. The molecule has 0 aromatic rings. The van der Waals surface area contributed by atoms with Gasteiger partial charge >= 0.3 is 0 Å². The summed E-state index contributed by atoms with van der Waals surface area (Å²) in [7, 11) is 1.28. The van der Waals surface area contributed by atoms with Crippen molar-refractivity contribution in [2.45, 2.75) is 309 Å². The first-order valence-electron chi connectivity index (χ1n) is 29.1. The van der Waals surface area contributed by atoms with Crippen molar-refractivity contribution >= 4 is 13.7 Å². The van der Waals surface area contributed by atoms with Crippen LogP contribution in [0.15, 0.2) is 12.2 Å². The van der Waals surface area contributed by atoms with Crippen molar-refractivity contribution in [3.05, 3.63) is 12.2 Å². The van der Waals surface area contributed by atoms with E-state index in [2.05, 4.69) is 19.2 Å². The Kier molecular flexibility index (Phi) is 48.7. The maximum Gasteiger partial charge on any atom is 0.268 e. The van der Waals surface area contributed by atoms with Gasteiger partial charge in [0.1, 0.15) is 13.2 Å². The van der Waals surface area contributed by atoms with E-state index in [1.54, 1.807) is 6.08 Å². The SMILES string of the molecule is CCCCCCCCCCCCCCCC/C=C/C(O)C(COP(=O)([O-])OCC[N+](C)(C)C)NC(=O)CCCCCCCCCCCCCCCCCCCCCCCCCCCCCC. The largest absolute Gasteiger partial charge is 0.756 e. The lowest BCUT2D eigenvalue weighted by molar-refractivity contribution is -0.870. The number of likely N-dealkylation sites (N-methyl/N-ethyl adjacent to an activating group) is 1. The molecule has 3 atom stereocenters. The van der Waals surface area contributed by atoms with Crippen LogP contribution in [-0.4, -0.2) is 68.5 Å². The van der Waals surface area contributed by atoms with Gasteiger partial charge in [0.25, 0.3) is 7.82 Å². The van der Waals surface area contributed by atoms with E-state index >= 15 is 0 Å². The number of allylic oxidation sites excluding steroid dienone is 1. The van der Waals surface area contributed by atoms with Crippen LogP contribution in [-0.2, 0) is 18.4 Å². The van der Waals surface area contributed by atoms with E-state index in [-0.39, 0.29) is 19.1 Å². The van der Waals surface area contributed by atoms with Crippen LogP contribution in [0.1, 0.15) is 296 Å². The monoisotopic (exact) mass is 955 g/mol. The lowest BCUT2D eigenvalue weighted by Gasteiger charge is -2.29. The lowest BCUT2D eigenvalue weighted by atomic mass is 10.0. The van der Waals surface area contributed by atoms with Gasteiger partial charge in [-0.2, -0.15) is 0 Å². The van der Waals surface area contributed by atoms with E-state index in [9.17, 15) is 19.4 Å². The number of quaternary nitrogens is 1. The zero-order chi connectivity index (χ0) is 48.5. The van der Waals surface area contributed by atoms with Gasteiger partial charge in [0.2, 0.25) is 5.91 Å². The van der Waals surface area contributed by atoms with Crippen molar-refractivity contribution < 1.29 is 32.9 Å². The number of rotatable bonds is 54. The Hall–Kier alpha value is -0.760. The molecular weight excluding hydrogens is 840 g/mol. The number of unbranched alkanes of at least 4 members (excludes halogenated alkanes) is 41. The molecule has 8 nitrogen and oxygen atoms in total. The van der Waals surface area contributed by atoms with E-state index in [1.807, 2.05) is 27.2 Å². The van der Waals surface area contributed by atoms with Crippen molar-refractivity contribution in [1.29, 1.82) is 0 Å². The number of carbonyl (C=O) groups excluding carboxylic acids is 1. The van der Waals surface area contributed by atoms with E-state index in [4.69, 9.17) is 9.05 Å². The van der Waals surface area contributed by atoms with Gasteiger partial charge in [0, 0.05) is 6.42 Å². The van der Waals surface area contributed by atoms with Crippen molar-refractivity contribution in [2.24, 2.45) is 0 Å². The Morgan fingerprint density at radius 2 is 0.818 bits per heavy atom. The van der Waals surface area contributed by atoms with E-state index in [0.29, 0.717) is 17.4 Å². The molecule has 0 saturated heterocycles. The van der Waals surface area contributed by atoms with Gasteiger partial charge in [-0.3, -0.25) is 9.36 Å². The zero-order valence-corrected chi connectivity index (χ0v) is 45.8. The number of nitrogens with one attached hydrogen (secondary N) is 1. The average Bonchev–Trinajstić information content (AvgIpc) is 3.28. The number of hydrogen-bond donors (Lipinski definition) is 2. The number of nitrogens with zero attached hydrogens (tertiary/aromatic N) is 1. The normalized spacial score (nSPS) is 14.0. The highest BCUT2D eigenvalue weighted by molar-refractivity contribution is 7.45. The Morgan fingerprint density at radius 1 is 0.515 bits per heavy atom. The first-order valence-corrected chi connectivity index (χ1v) is 30.5. The summed E-state index contributed by atoms with van der Waals surface area (Å²) in [5, 5.41) is 13.9. The third-order valence-corrected chi connectivity index (χ3v) is 14.5. The molecule has 394 valence electrons. The van der Waals surface area contributed by atoms with E-state index in [1.165, 1.54) is 238 Å². The molecule has 0 bridgehead atoms. The highest BCUT2D eigenvalue weighted by Gasteiger charge is 2.23. The van der Waals surface area contributed by atoms with E-state index in [0.717, 1.165) is 38.5 Å². The summed E-state index contributed by atoms with van der Waals surface area (Å²) >= 11 is 0. The number of aliphatic hydroxyl groups excluding tert-OH is 1. The van der Waals surface area contributed by atoms with Crippen LogP contribution < -0.4 is 10.2 Å². The van der Waals surface area contributed by atoms with Crippen LogP contribution in [0.5, 0.6) is 0 Å². The third-order valence-electron chi connectivity index (χ3n) is 13.5. The molecule has 0 rings (SSSR count). The predicted octanol–water partition coefficient (Wildman–Crippen LogP) is 16.8.